The number of nitriles is 1. The van der Waals surface area contributed by atoms with Crippen LogP contribution in [0.3, 0.4) is 0 Å². The fraction of sp³-hybridized carbons (Fsp3) is 0.300. The first-order chi connectivity index (χ1) is 7.54. The van der Waals surface area contributed by atoms with Gasteiger partial charge in [0.2, 0.25) is 0 Å². The van der Waals surface area contributed by atoms with Gasteiger partial charge in [0.25, 0.3) is 0 Å². The van der Waals surface area contributed by atoms with Crippen LogP contribution in [0.2, 0.25) is 0 Å². The number of nitro groups is 1. The SMILES string of the molecule is Cc1ccc([N+](=O)[O-])c(OCC(N)C#N)c1. The number of hydrogen-bond acceptors (Lipinski definition) is 5. The molecule has 1 rings (SSSR count). The van der Waals surface area contributed by atoms with E-state index in [9.17, 15) is 10.1 Å². The Balaban J connectivity index is 2.89. The fourth-order valence-electron chi connectivity index (χ4n) is 1.10. The molecule has 16 heavy (non-hydrogen) atoms. The van der Waals surface area contributed by atoms with Crippen LogP contribution in [0.4, 0.5) is 5.69 Å². The molecule has 0 aromatic heterocycles. The topological polar surface area (TPSA) is 102 Å². The van der Waals surface area contributed by atoms with Crippen LogP contribution in [0.1, 0.15) is 5.56 Å². The minimum atomic E-state index is -0.792. The molecule has 84 valence electrons. The summed E-state index contributed by atoms with van der Waals surface area (Å²) in [7, 11) is 0. The van der Waals surface area contributed by atoms with Gasteiger partial charge in [0, 0.05) is 6.07 Å². The quantitative estimate of drug-likeness (QED) is 0.606. The van der Waals surface area contributed by atoms with Crippen LogP contribution in [0.5, 0.6) is 5.75 Å². The highest BCUT2D eigenvalue weighted by Crippen LogP contribution is 2.27. The summed E-state index contributed by atoms with van der Waals surface area (Å²) >= 11 is 0. The number of benzene rings is 1. The largest absolute Gasteiger partial charge is 0.484 e. The van der Waals surface area contributed by atoms with E-state index in [4.69, 9.17) is 15.7 Å². The predicted octanol–water partition coefficient (Wildman–Crippen LogP) is 1.13. The first-order valence-corrected chi connectivity index (χ1v) is 4.57. The van der Waals surface area contributed by atoms with Crippen molar-refractivity contribution < 1.29 is 9.66 Å². The maximum absolute atomic E-state index is 10.7. The molecule has 1 atom stereocenters. The van der Waals surface area contributed by atoms with E-state index < -0.39 is 11.0 Å². The Morgan fingerprint density at radius 1 is 1.69 bits per heavy atom. The van der Waals surface area contributed by atoms with Gasteiger partial charge in [-0.1, -0.05) is 6.07 Å². The third-order valence-corrected chi connectivity index (χ3v) is 1.90. The van der Waals surface area contributed by atoms with E-state index in [1.165, 1.54) is 6.07 Å². The lowest BCUT2D eigenvalue weighted by molar-refractivity contribution is -0.385. The summed E-state index contributed by atoms with van der Waals surface area (Å²) in [5.41, 5.74) is 6.04. The molecule has 0 aliphatic rings. The van der Waals surface area contributed by atoms with Crippen molar-refractivity contribution >= 4 is 5.69 Å². The second-order valence-electron chi connectivity index (χ2n) is 3.27. The van der Waals surface area contributed by atoms with Gasteiger partial charge in [-0.2, -0.15) is 5.26 Å². The summed E-state index contributed by atoms with van der Waals surface area (Å²) in [6, 6.07) is 5.52. The van der Waals surface area contributed by atoms with Crippen molar-refractivity contribution in [2.45, 2.75) is 13.0 Å². The Hall–Kier alpha value is -2.13. The van der Waals surface area contributed by atoms with Crippen LogP contribution in [0, 0.1) is 28.4 Å². The fourth-order valence-corrected chi connectivity index (χ4v) is 1.10. The third kappa shape index (κ3) is 2.93. The molecule has 1 aromatic rings. The number of nitrogens with two attached hydrogens (primary N) is 1. The van der Waals surface area contributed by atoms with Crippen LogP contribution in [-0.4, -0.2) is 17.6 Å². The van der Waals surface area contributed by atoms with Crippen molar-refractivity contribution in [3.8, 4) is 11.8 Å². The predicted molar refractivity (Wildman–Crippen MR) is 56.9 cm³/mol. The summed E-state index contributed by atoms with van der Waals surface area (Å²) in [5.74, 6) is 0.135. The van der Waals surface area contributed by atoms with Crippen molar-refractivity contribution in [2.24, 2.45) is 5.73 Å². The van der Waals surface area contributed by atoms with Crippen molar-refractivity contribution in [2.75, 3.05) is 6.61 Å². The zero-order valence-electron chi connectivity index (χ0n) is 8.71. The second-order valence-corrected chi connectivity index (χ2v) is 3.27. The highest BCUT2D eigenvalue weighted by atomic mass is 16.6. The van der Waals surface area contributed by atoms with E-state index >= 15 is 0 Å². The molecule has 0 heterocycles. The maximum Gasteiger partial charge on any atom is 0.310 e. The lowest BCUT2D eigenvalue weighted by Crippen LogP contribution is -2.25. The molecule has 1 aromatic carbocycles. The first-order valence-electron chi connectivity index (χ1n) is 4.57. The molecule has 0 aliphatic heterocycles. The molecule has 0 spiro atoms. The highest BCUT2D eigenvalue weighted by Gasteiger charge is 2.15. The van der Waals surface area contributed by atoms with Crippen LogP contribution in [0.15, 0.2) is 18.2 Å². The van der Waals surface area contributed by atoms with Crippen molar-refractivity contribution in [3.05, 3.63) is 33.9 Å². The number of rotatable bonds is 4. The summed E-state index contributed by atoms with van der Waals surface area (Å²) in [4.78, 5) is 10.1. The van der Waals surface area contributed by atoms with Gasteiger partial charge < -0.3 is 10.5 Å². The number of ether oxygens (including phenoxy) is 1. The minimum Gasteiger partial charge on any atom is -0.484 e. The average molecular weight is 221 g/mol. The molecule has 2 N–H and O–H groups in total. The zero-order valence-corrected chi connectivity index (χ0v) is 8.71. The third-order valence-electron chi connectivity index (χ3n) is 1.90. The lowest BCUT2D eigenvalue weighted by Gasteiger charge is -2.08. The monoisotopic (exact) mass is 221 g/mol. The highest BCUT2D eigenvalue weighted by molar-refractivity contribution is 5.48. The molecule has 0 saturated carbocycles. The Kier molecular flexibility index (Phi) is 3.80. The van der Waals surface area contributed by atoms with Crippen molar-refractivity contribution in [1.29, 1.82) is 5.26 Å². The van der Waals surface area contributed by atoms with Gasteiger partial charge in [-0.3, -0.25) is 10.1 Å². The number of nitro benzene ring substituents is 1. The van der Waals surface area contributed by atoms with Gasteiger partial charge in [-0.25, -0.2) is 0 Å². The lowest BCUT2D eigenvalue weighted by atomic mass is 10.2. The Morgan fingerprint density at radius 2 is 2.38 bits per heavy atom. The average Bonchev–Trinajstić information content (AvgIpc) is 2.25. The van der Waals surface area contributed by atoms with E-state index in [1.807, 2.05) is 0 Å². The van der Waals surface area contributed by atoms with E-state index in [1.54, 1.807) is 25.1 Å². The molecule has 6 heteroatoms. The number of hydrogen-bond donors (Lipinski definition) is 1. The van der Waals surface area contributed by atoms with E-state index in [0.29, 0.717) is 0 Å². The van der Waals surface area contributed by atoms with E-state index in [0.717, 1.165) is 5.56 Å². The normalized spacial score (nSPS) is 11.6. The number of aryl methyl sites for hydroxylation is 1. The summed E-state index contributed by atoms with van der Waals surface area (Å²) in [6.07, 6.45) is 0. The van der Waals surface area contributed by atoms with Gasteiger partial charge in [0.05, 0.1) is 11.0 Å². The molecule has 0 amide bonds. The zero-order chi connectivity index (χ0) is 12.1. The van der Waals surface area contributed by atoms with Crippen LogP contribution in [0.25, 0.3) is 0 Å². The van der Waals surface area contributed by atoms with Gasteiger partial charge in [-0.15, -0.1) is 0 Å². The van der Waals surface area contributed by atoms with E-state index in [-0.39, 0.29) is 18.0 Å². The molecular weight excluding hydrogens is 210 g/mol. The Morgan fingerprint density at radius 3 is 2.94 bits per heavy atom. The van der Waals surface area contributed by atoms with Crippen LogP contribution < -0.4 is 10.5 Å². The first kappa shape index (κ1) is 11.9. The minimum absolute atomic E-state index is 0.0687. The van der Waals surface area contributed by atoms with Crippen LogP contribution >= 0.6 is 0 Å². The molecule has 0 aliphatic carbocycles. The van der Waals surface area contributed by atoms with E-state index in [2.05, 4.69) is 0 Å². The smallest absolute Gasteiger partial charge is 0.310 e. The Labute approximate surface area is 92.4 Å². The van der Waals surface area contributed by atoms with Crippen molar-refractivity contribution in [3.63, 3.8) is 0 Å². The molecular formula is C10H11N3O3. The Bertz CT molecular complexity index is 439. The summed E-state index contributed by atoms with van der Waals surface area (Å²) in [6.45, 7) is 1.72. The molecule has 0 bridgehead atoms. The van der Waals surface area contributed by atoms with Crippen molar-refractivity contribution in [1.82, 2.24) is 0 Å². The molecule has 6 nitrogen and oxygen atoms in total. The molecule has 0 fully saturated rings. The van der Waals surface area contributed by atoms with Gasteiger partial charge >= 0.3 is 5.69 Å². The number of nitrogens with zero attached hydrogens (tertiary/aromatic N) is 2. The van der Waals surface area contributed by atoms with Gasteiger partial charge in [-0.05, 0) is 18.6 Å². The van der Waals surface area contributed by atoms with Gasteiger partial charge in [0.15, 0.2) is 5.75 Å². The summed E-state index contributed by atoms with van der Waals surface area (Å²) < 4.78 is 5.14. The van der Waals surface area contributed by atoms with Gasteiger partial charge in [0.1, 0.15) is 12.6 Å². The summed E-state index contributed by atoms with van der Waals surface area (Å²) in [5, 5.41) is 19.1. The standard InChI is InChI=1S/C10H11N3O3/c1-7-2-3-9(13(14)15)10(4-7)16-6-8(12)5-11/h2-4,8H,6,12H2,1H3. The molecule has 0 radical (unpaired) electrons. The maximum atomic E-state index is 10.7. The molecule has 0 saturated heterocycles. The van der Waals surface area contributed by atoms with Crippen LogP contribution in [-0.2, 0) is 0 Å². The molecule has 1 unspecified atom stereocenters. The second kappa shape index (κ2) is 5.09.